The topological polar surface area (TPSA) is 125 Å². The summed E-state index contributed by atoms with van der Waals surface area (Å²) in [6, 6.07) is 7.41. The highest BCUT2D eigenvalue weighted by Crippen LogP contribution is 2.37. The van der Waals surface area contributed by atoms with E-state index in [9.17, 15) is 19.2 Å². The van der Waals surface area contributed by atoms with Crippen molar-refractivity contribution in [1.29, 1.82) is 0 Å². The molecule has 2 aromatic heterocycles. The summed E-state index contributed by atoms with van der Waals surface area (Å²) < 4.78 is 5.64. The summed E-state index contributed by atoms with van der Waals surface area (Å²) in [6.07, 6.45) is 4.10. The maximum atomic E-state index is 13.7. The molecule has 5 amide bonds. The molecule has 0 aliphatic carbocycles. The van der Waals surface area contributed by atoms with Crippen molar-refractivity contribution in [3.8, 4) is 10.6 Å². The number of thiophene rings is 1. The van der Waals surface area contributed by atoms with Crippen LogP contribution in [0.3, 0.4) is 0 Å². The molecule has 3 aliphatic rings. The lowest BCUT2D eigenvalue weighted by molar-refractivity contribution is -0.364. The van der Waals surface area contributed by atoms with Gasteiger partial charge in [0, 0.05) is 50.9 Å². The Morgan fingerprint density at radius 3 is 2.64 bits per heavy atom. The van der Waals surface area contributed by atoms with E-state index in [0.717, 1.165) is 36.4 Å². The van der Waals surface area contributed by atoms with Gasteiger partial charge >= 0.3 is 12.1 Å². The number of carbonyl (C=O) groups is 4. The van der Waals surface area contributed by atoms with Crippen molar-refractivity contribution in [2.24, 2.45) is 0 Å². The number of imide groups is 1. The number of piperidine rings is 2. The number of nitrogens with one attached hydrogen (secondary N) is 3. The number of amides is 5. The molecule has 2 aromatic rings. The van der Waals surface area contributed by atoms with E-state index in [-0.39, 0.29) is 23.9 Å². The quantitative estimate of drug-likeness (QED) is 0.565. The third kappa shape index (κ3) is 5.35. The van der Waals surface area contributed by atoms with Gasteiger partial charge in [-0.05, 0) is 58.2 Å². The van der Waals surface area contributed by atoms with E-state index < -0.39 is 11.7 Å². The number of nitrogens with zero attached hydrogens (tertiary/aromatic N) is 3. The van der Waals surface area contributed by atoms with Crippen LogP contribution in [0.25, 0.3) is 10.6 Å². The zero-order valence-corrected chi connectivity index (χ0v) is 23.1. The van der Waals surface area contributed by atoms with E-state index in [1.807, 2.05) is 42.3 Å². The molecule has 3 aliphatic heterocycles. The first kappa shape index (κ1) is 27.1. The van der Waals surface area contributed by atoms with Crippen LogP contribution in [0, 0.1) is 0 Å². The third-order valence-electron chi connectivity index (χ3n) is 7.71. The average molecular weight is 556 g/mol. The van der Waals surface area contributed by atoms with Gasteiger partial charge in [0.15, 0.2) is 6.20 Å². The number of urea groups is 1. The molecule has 5 rings (SSSR count). The Balaban J connectivity index is 1.27. The maximum Gasteiger partial charge on any atom is 0.417 e. The van der Waals surface area contributed by atoms with Crippen LogP contribution in [-0.4, -0.2) is 89.5 Å². The van der Waals surface area contributed by atoms with Crippen molar-refractivity contribution < 1.29 is 28.9 Å². The first-order valence-electron chi connectivity index (χ1n) is 13.6. The number of likely N-dealkylation sites (tertiary alicyclic amines) is 2. The number of hydrogen-bond donors (Lipinski definition) is 2. The van der Waals surface area contributed by atoms with Crippen molar-refractivity contribution in [2.75, 3.05) is 44.6 Å². The van der Waals surface area contributed by atoms with Crippen LogP contribution in [0.2, 0.25) is 0 Å². The second-order valence-corrected chi connectivity index (χ2v) is 11.2. The maximum absolute atomic E-state index is 13.7. The van der Waals surface area contributed by atoms with Crippen molar-refractivity contribution in [2.45, 2.75) is 51.2 Å². The minimum Gasteiger partial charge on any atom is -0.431 e. The van der Waals surface area contributed by atoms with Gasteiger partial charge in [0.2, 0.25) is 11.3 Å². The Morgan fingerprint density at radius 2 is 1.97 bits per heavy atom. The first-order valence-corrected chi connectivity index (χ1v) is 14.4. The lowest BCUT2D eigenvalue weighted by atomic mass is 9.89. The summed E-state index contributed by atoms with van der Waals surface area (Å²) in [6.45, 7) is 6.75. The lowest BCUT2D eigenvalue weighted by Gasteiger charge is -2.44. The molecular formula is C27H35N6O5S+. The Labute approximate surface area is 231 Å². The highest BCUT2D eigenvalue weighted by atomic mass is 32.1. The molecule has 1 unspecified atom stereocenters. The highest BCUT2D eigenvalue weighted by Gasteiger charge is 2.55. The standard InChI is InChI=1S/C27H34N6O5S/c1-3-28-25(36)30-22-19(16-21(39-22)20-8-5-6-12-29-20)23(34)31-14-9-18(10-15-31)32-13-7-11-27(17-32)24(35)33(4-2)26(37)38-27/h5-6,8,12,16,18H,3-4,7,9-11,13-15,17H2,1-2H3,(H2,28,30,36)/p+1. The van der Waals surface area contributed by atoms with Crippen molar-refractivity contribution in [1.82, 2.24) is 20.0 Å². The number of likely N-dealkylation sites (N-methyl/N-ethyl adjacent to an activating group) is 1. The number of pyridine rings is 1. The lowest BCUT2D eigenvalue weighted by Crippen LogP contribution is -2.58. The van der Waals surface area contributed by atoms with Gasteiger partial charge in [-0.25, -0.2) is 19.5 Å². The molecule has 5 heterocycles. The summed E-state index contributed by atoms with van der Waals surface area (Å²) >= 11 is 1.36. The van der Waals surface area contributed by atoms with Gasteiger partial charge in [0.05, 0.1) is 5.56 Å². The molecule has 208 valence electrons. The summed E-state index contributed by atoms with van der Waals surface area (Å²) in [5.74, 6) is -0.351. The van der Waals surface area contributed by atoms with Crippen molar-refractivity contribution in [3.05, 3.63) is 36.0 Å². The minimum absolute atomic E-state index is 0.118. The molecule has 3 fully saturated rings. The number of hydrogen-bond acceptors (Lipinski definition) is 7. The van der Waals surface area contributed by atoms with Crippen LogP contribution >= 0.6 is 11.3 Å². The molecule has 39 heavy (non-hydrogen) atoms. The summed E-state index contributed by atoms with van der Waals surface area (Å²) in [5.41, 5.74) is 0.249. The third-order valence-corrected chi connectivity index (χ3v) is 8.79. The van der Waals surface area contributed by atoms with Crippen LogP contribution in [0.5, 0.6) is 0 Å². The largest absolute Gasteiger partial charge is 0.431 e. The average Bonchev–Trinajstić information content (AvgIpc) is 3.46. The number of carbonyl (C=O) groups excluding carboxylic acids is 4. The molecule has 0 saturated carbocycles. The van der Waals surface area contributed by atoms with E-state index >= 15 is 0 Å². The van der Waals surface area contributed by atoms with E-state index in [2.05, 4.69) is 20.5 Å². The van der Waals surface area contributed by atoms with Crippen molar-refractivity contribution in [3.63, 3.8) is 0 Å². The zero-order chi connectivity index (χ0) is 27.6. The highest BCUT2D eigenvalue weighted by molar-refractivity contribution is 7.20. The first-order chi connectivity index (χ1) is 18.8. The van der Waals surface area contributed by atoms with Gasteiger partial charge in [-0.1, -0.05) is 0 Å². The van der Waals surface area contributed by atoms with Crippen LogP contribution < -0.4 is 15.6 Å². The molecule has 1 spiro atoms. The predicted octanol–water partition coefficient (Wildman–Crippen LogP) is 2.81. The molecular weight excluding hydrogens is 520 g/mol. The second kappa shape index (κ2) is 11.3. The molecule has 1 atom stereocenters. The summed E-state index contributed by atoms with van der Waals surface area (Å²) in [7, 11) is 0. The molecule has 12 heteroatoms. The number of H-pyrrole nitrogens is 1. The zero-order valence-electron chi connectivity index (χ0n) is 22.3. The normalized spacial score (nSPS) is 22.3. The van der Waals surface area contributed by atoms with Gasteiger partial charge in [-0.3, -0.25) is 19.8 Å². The van der Waals surface area contributed by atoms with Crippen LogP contribution in [0.1, 0.15) is 49.9 Å². The number of aromatic nitrogens is 1. The Bertz CT molecular complexity index is 1240. The Kier molecular flexibility index (Phi) is 7.85. The van der Waals surface area contributed by atoms with Gasteiger partial charge in [0.1, 0.15) is 9.88 Å². The minimum atomic E-state index is -1.08. The monoisotopic (exact) mass is 555 g/mol. The smallest absolute Gasteiger partial charge is 0.417 e. The number of ether oxygens (including phenoxy) is 1. The van der Waals surface area contributed by atoms with E-state index in [0.29, 0.717) is 49.7 Å². The van der Waals surface area contributed by atoms with Gasteiger partial charge < -0.3 is 15.0 Å². The van der Waals surface area contributed by atoms with Crippen LogP contribution in [-0.2, 0) is 9.53 Å². The molecule has 11 nitrogen and oxygen atoms in total. The number of anilines is 1. The van der Waals surface area contributed by atoms with Crippen molar-refractivity contribution >= 4 is 40.3 Å². The Hall–Kier alpha value is -3.51. The number of rotatable bonds is 6. The van der Waals surface area contributed by atoms with E-state index in [1.165, 1.54) is 16.2 Å². The fourth-order valence-corrected chi connectivity index (χ4v) is 6.76. The van der Waals surface area contributed by atoms with Gasteiger partial charge in [-0.2, -0.15) is 0 Å². The van der Waals surface area contributed by atoms with Crippen LogP contribution in [0.15, 0.2) is 30.5 Å². The van der Waals surface area contributed by atoms with E-state index in [4.69, 9.17) is 4.74 Å². The summed E-state index contributed by atoms with van der Waals surface area (Å²) in [5, 5.41) is 6.09. The molecule has 3 saturated heterocycles. The molecule has 0 aromatic carbocycles. The molecule has 0 radical (unpaired) electrons. The fraction of sp³-hybridized carbons (Fsp3) is 0.519. The summed E-state index contributed by atoms with van der Waals surface area (Å²) in [4.78, 5) is 60.5. The second-order valence-electron chi connectivity index (χ2n) is 10.1. The molecule has 3 N–H and O–H groups in total. The van der Waals surface area contributed by atoms with E-state index in [1.54, 1.807) is 6.92 Å². The van der Waals surface area contributed by atoms with Gasteiger partial charge in [0.25, 0.3) is 11.8 Å². The van der Waals surface area contributed by atoms with Crippen LogP contribution in [0.4, 0.5) is 14.6 Å². The number of aromatic amines is 1. The fourth-order valence-electron chi connectivity index (χ4n) is 5.73. The predicted molar refractivity (Wildman–Crippen MR) is 145 cm³/mol. The SMILES string of the molecule is CCNC(=O)Nc1sc(-c2cccc[nH+]2)cc1C(=O)N1CCC(N2CCCC3(C2)OC(=O)N(CC)C3=O)CC1. The Morgan fingerprint density at radius 1 is 1.18 bits per heavy atom. The van der Waals surface area contributed by atoms with Gasteiger partial charge in [-0.15, -0.1) is 11.3 Å². The molecule has 0 bridgehead atoms.